The first-order chi connectivity index (χ1) is 12.6. The monoisotopic (exact) mass is 354 g/mol. The molecule has 0 bridgehead atoms. The Morgan fingerprint density at radius 2 is 1.88 bits per heavy atom. The SMILES string of the molecule is CNC(=O)c1cc(C(=O)NCCO)cc2c1OC(C)C2c1ccccc1. The highest BCUT2D eigenvalue weighted by atomic mass is 16.5. The van der Waals surface area contributed by atoms with E-state index in [9.17, 15) is 9.59 Å². The quantitative estimate of drug-likeness (QED) is 0.762. The molecule has 0 spiro atoms. The average molecular weight is 354 g/mol. The summed E-state index contributed by atoms with van der Waals surface area (Å²) in [5, 5.41) is 14.2. The molecule has 2 atom stereocenters. The minimum absolute atomic E-state index is 0.0693. The standard InChI is InChI=1S/C20H22N2O4/c1-12-17(13-6-4-3-5-7-13)15-10-14(19(24)22-8-9-23)11-16(18(15)26-12)20(25)21-2/h3-7,10-12,17,23H,8-9H2,1-2H3,(H,21,25)(H,22,24). The van der Waals surface area contributed by atoms with E-state index in [0.717, 1.165) is 11.1 Å². The number of hydrogen-bond acceptors (Lipinski definition) is 4. The summed E-state index contributed by atoms with van der Waals surface area (Å²) >= 11 is 0. The lowest BCUT2D eigenvalue weighted by atomic mass is 9.87. The number of fused-ring (bicyclic) bond motifs is 1. The smallest absolute Gasteiger partial charge is 0.254 e. The fraction of sp³-hybridized carbons (Fsp3) is 0.300. The summed E-state index contributed by atoms with van der Waals surface area (Å²) in [6, 6.07) is 13.2. The van der Waals surface area contributed by atoms with Gasteiger partial charge in [-0.3, -0.25) is 9.59 Å². The predicted molar refractivity (Wildman–Crippen MR) is 97.6 cm³/mol. The van der Waals surface area contributed by atoms with Gasteiger partial charge in [0.2, 0.25) is 0 Å². The summed E-state index contributed by atoms with van der Waals surface area (Å²) in [4.78, 5) is 24.7. The van der Waals surface area contributed by atoms with E-state index in [2.05, 4.69) is 10.6 Å². The van der Waals surface area contributed by atoms with Crippen molar-refractivity contribution in [3.63, 3.8) is 0 Å². The number of aliphatic hydroxyl groups is 1. The van der Waals surface area contributed by atoms with Gasteiger partial charge in [0.25, 0.3) is 11.8 Å². The molecule has 0 fully saturated rings. The molecular weight excluding hydrogens is 332 g/mol. The summed E-state index contributed by atoms with van der Waals surface area (Å²) in [6.07, 6.45) is -0.161. The predicted octanol–water partition coefficient (Wildman–Crippen LogP) is 1.68. The van der Waals surface area contributed by atoms with E-state index < -0.39 is 0 Å². The van der Waals surface area contributed by atoms with Gasteiger partial charge in [-0.05, 0) is 24.6 Å². The van der Waals surface area contributed by atoms with Crippen LogP contribution in [0.3, 0.4) is 0 Å². The van der Waals surface area contributed by atoms with E-state index in [4.69, 9.17) is 9.84 Å². The molecule has 26 heavy (non-hydrogen) atoms. The maximum absolute atomic E-state index is 12.4. The van der Waals surface area contributed by atoms with Gasteiger partial charge < -0.3 is 20.5 Å². The zero-order valence-corrected chi connectivity index (χ0v) is 14.8. The van der Waals surface area contributed by atoms with Crippen LogP contribution in [0.4, 0.5) is 0 Å². The van der Waals surface area contributed by atoms with Crippen molar-refractivity contribution in [2.45, 2.75) is 18.9 Å². The minimum Gasteiger partial charge on any atom is -0.489 e. The lowest BCUT2D eigenvalue weighted by Crippen LogP contribution is -2.27. The van der Waals surface area contributed by atoms with Crippen molar-refractivity contribution in [3.05, 3.63) is 64.7 Å². The first-order valence-corrected chi connectivity index (χ1v) is 8.57. The van der Waals surface area contributed by atoms with Crippen molar-refractivity contribution in [3.8, 4) is 5.75 Å². The first kappa shape index (κ1) is 17.9. The van der Waals surface area contributed by atoms with E-state index in [-0.39, 0.29) is 37.0 Å². The van der Waals surface area contributed by atoms with Gasteiger partial charge in [-0.15, -0.1) is 0 Å². The van der Waals surface area contributed by atoms with Crippen LogP contribution in [0.1, 0.15) is 44.7 Å². The zero-order chi connectivity index (χ0) is 18.7. The Morgan fingerprint density at radius 3 is 2.54 bits per heavy atom. The van der Waals surface area contributed by atoms with Crippen LogP contribution in [0.5, 0.6) is 5.75 Å². The lowest BCUT2D eigenvalue weighted by molar-refractivity contribution is 0.0944. The van der Waals surface area contributed by atoms with E-state index in [0.29, 0.717) is 16.9 Å². The van der Waals surface area contributed by atoms with Crippen molar-refractivity contribution in [2.24, 2.45) is 0 Å². The number of aliphatic hydroxyl groups excluding tert-OH is 1. The topological polar surface area (TPSA) is 87.7 Å². The maximum atomic E-state index is 12.4. The van der Waals surface area contributed by atoms with Crippen molar-refractivity contribution >= 4 is 11.8 Å². The summed E-state index contributed by atoms with van der Waals surface area (Å²) in [5.41, 5.74) is 2.59. The molecule has 2 aromatic carbocycles. The summed E-state index contributed by atoms with van der Waals surface area (Å²) in [7, 11) is 1.54. The molecule has 6 heteroatoms. The molecule has 0 radical (unpaired) electrons. The molecule has 6 nitrogen and oxygen atoms in total. The number of benzene rings is 2. The third-order valence-corrected chi connectivity index (χ3v) is 4.52. The molecule has 3 rings (SSSR count). The third kappa shape index (κ3) is 3.28. The number of rotatable bonds is 5. The van der Waals surface area contributed by atoms with Crippen LogP contribution in [0.15, 0.2) is 42.5 Å². The Hall–Kier alpha value is -2.86. The molecule has 0 saturated heterocycles. The van der Waals surface area contributed by atoms with Gasteiger partial charge >= 0.3 is 0 Å². The van der Waals surface area contributed by atoms with Crippen molar-refractivity contribution < 1.29 is 19.4 Å². The second-order valence-electron chi connectivity index (χ2n) is 6.21. The normalized spacial score (nSPS) is 18.0. The Morgan fingerprint density at radius 1 is 1.15 bits per heavy atom. The van der Waals surface area contributed by atoms with Crippen molar-refractivity contribution in [1.82, 2.24) is 10.6 Å². The number of hydrogen-bond donors (Lipinski definition) is 3. The van der Waals surface area contributed by atoms with Crippen molar-refractivity contribution in [1.29, 1.82) is 0 Å². The highest BCUT2D eigenvalue weighted by molar-refractivity contribution is 6.02. The Kier molecular flexibility index (Phi) is 5.23. The number of amides is 2. The van der Waals surface area contributed by atoms with Crippen LogP contribution >= 0.6 is 0 Å². The molecule has 0 saturated carbocycles. The Bertz CT molecular complexity index is 820. The van der Waals surface area contributed by atoms with Gasteiger partial charge in [0.15, 0.2) is 0 Å². The van der Waals surface area contributed by atoms with Crippen molar-refractivity contribution in [2.75, 3.05) is 20.2 Å². The molecule has 136 valence electrons. The third-order valence-electron chi connectivity index (χ3n) is 4.52. The molecule has 2 amide bonds. The molecular formula is C20H22N2O4. The summed E-state index contributed by atoms with van der Waals surface area (Å²) in [5.74, 6) is -0.193. The van der Waals surface area contributed by atoms with Gasteiger partial charge in [0.1, 0.15) is 11.9 Å². The average Bonchev–Trinajstić information content (AvgIpc) is 3.00. The lowest BCUT2D eigenvalue weighted by Gasteiger charge is -2.15. The first-order valence-electron chi connectivity index (χ1n) is 8.57. The molecule has 2 unspecified atom stereocenters. The molecule has 1 aliphatic rings. The summed E-state index contributed by atoms with van der Waals surface area (Å²) < 4.78 is 6.01. The molecule has 1 aliphatic heterocycles. The fourth-order valence-corrected chi connectivity index (χ4v) is 3.34. The highest BCUT2D eigenvalue weighted by Gasteiger charge is 2.36. The molecule has 0 aromatic heterocycles. The molecule has 1 heterocycles. The second kappa shape index (κ2) is 7.58. The zero-order valence-electron chi connectivity index (χ0n) is 14.8. The van der Waals surface area contributed by atoms with E-state index in [1.165, 1.54) is 6.07 Å². The summed E-state index contributed by atoms with van der Waals surface area (Å²) in [6.45, 7) is 1.96. The second-order valence-corrected chi connectivity index (χ2v) is 6.21. The molecule has 2 aromatic rings. The largest absolute Gasteiger partial charge is 0.489 e. The van der Waals surface area contributed by atoms with Gasteiger partial charge in [-0.1, -0.05) is 30.3 Å². The van der Waals surface area contributed by atoms with Gasteiger partial charge in [-0.2, -0.15) is 0 Å². The number of carbonyl (C=O) groups excluding carboxylic acids is 2. The van der Waals surface area contributed by atoms with E-state index in [1.807, 2.05) is 37.3 Å². The van der Waals surface area contributed by atoms with Crippen LogP contribution in [-0.4, -0.2) is 43.2 Å². The fourth-order valence-electron chi connectivity index (χ4n) is 3.34. The Balaban J connectivity index is 2.11. The van der Waals surface area contributed by atoms with Gasteiger partial charge in [0, 0.05) is 30.6 Å². The minimum atomic E-state index is -0.335. The van der Waals surface area contributed by atoms with Crippen LogP contribution in [0.2, 0.25) is 0 Å². The van der Waals surface area contributed by atoms with Gasteiger partial charge in [-0.25, -0.2) is 0 Å². The highest BCUT2D eigenvalue weighted by Crippen LogP contribution is 2.44. The number of carbonyl (C=O) groups is 2. The van der Waals surface area contributed by atoms with Gasteiger partial charge in [0.05, 0.1) is 12.2 Å². The number of ether oxygens (including phenoxy) is 1. The van der Waals surface area contributed by atoms with Crippen LogP contribution in [-0.2, 0) is 0 Å². The molecule has 3 N–H and O–H groups in total. The van der Waals surface area contributed by atoms with Crippen LogP contribution < -0.4 is 15.4 Å². The number of nitrogens with one attached hydrogen (secondary N) is 2. The van der Waals surface area contributed by atoms with Crippen LogP contribution in [0.25, 0.3) is 0 Å². The molecule has 0 aliphatic carbocycles. The van der Waals surface area contributed by atoms with E-state index in [1.54, 1.807) is 13.1 Å². The van der Waals surface area contributed by atoms with Crippen LogP contribution in [0, 0.1) is 0 Å². The Labute approximate surface area is 152 Å². The van der Waals surface area contributed by atoms with E-state index >= 15 is 0 Å². The maximum Gasteiger partial charge on any atom is 0.254 e.